The van der Waals surface area contributed by atoms with Gasteiger partial charge in [-0.05, 0) is 17.7 Å². The van der Waals surface area contributed by atoms with E-state index in [9.17, 15) is 4.79 Å². The number of rotatable bonds is 5. The molecule has 0 atom stereocenters. The molecule has 0 bridgehead atoms. The minimum Gasteiger partial charge on any atom is -0.478 e. The molecule has 0 aliphatic rings. The summed E-state index contributed by atoms with van der Waals surface area (Å²) in [4.78, 5) is 10.6. The van der Waals surface area contributed by atoms with Gasteiger partial charge in [0.25, 0.3) is 0 Å². The van der Waals surface area contributed by atoms with Gasteiger partial charge < -0.3 is 9.84 Å². The van der Waals surface area contributed by atoms with E-state index < -0.39 is 5.97 Å². The Labute approximate surface area is 92.9 Å². The van der Waals surface area contributed by atoms with Crippen LogP contribution in [0.5, 0.6) is 0 Å². The highest BCUT2D eigenvalue weighted by molar-refractivity contribution is 6.31. The van der Waals surface area contributed by atoms with E-state index in [0.29, 0.717) is 18.2 Å². The second kappa shape index (κ2) is 5.53. The summed E-state index contributed by atoms with van der Waals surface area (Å²) >= 11 is 5.88. The summed E-state index contributed by atoms with van der Waals surface area (Å²) in [6.45, 7) is 4.31. The second-order valence-electron chi connectivity index (χ2n) is 2.92. The van der Waals surface area contributed by atoms with Crippen molar-refractivity contribution >= 4 is 17.6 Å². The fourth-order valence-electron chi connectivity index (χ4n) is 1.05. The van der Waals surface area contributed by atoms with E-state index in [1.165, 1.54) is 12.1 Å². The lowest BCUT2D eigenvalue weighted by molar-refractivity contribution is 0.0696. The average Bonchev–Trinajstić information content (AvgIpc) is 2.20. The molecule has 0 spiro atoms. The van der Waals surface area contributed by atoms with Crippen molar-refractivity contribution in [3.05, 3.63) is 47.0 Å². The Morgan fingerprint density at radius 3 is 2.87 bits per heavy atom. The fraction of sp³-hybridized carbons (Fsp3) is 0.182. The number of carboxylic acids is 1. The summed E-state index contributed by atoms with van der Waals surface area (Å²) < 4.78 is 5.20. The van der Waals surface area contributed by atoms with Gasteiger partial charge >= 0.3 is 5.97 Å². The maximum Gasteiger partial charge on any atom is 0.335 e. The number of halogens is 1. The number of ether oxygens (including phenoxy) is 1. The van der Waals surface area contributed by atoms with Gasteiger partial charge in [-0.1, -0.05) is 23.7 Å². The lowest BCUT2D eigenvalue weighted by atomic mass is 10.1. The Hall–Kier alpha value is -1.32. The van der Waals surface area contributed by atoms with Gasteiger partial charge in [0.05, 0.1) is 18.8 Å². The summed E-state index contributed by atoms with van der Waals surface area (Å²) in [5, 5.41) is 9.11. The third kappa shape index (κ3) is 3.38. The van der Waals surface area contributed by atoms with Crippen LogP contribution >= 0.6 is 11.6 Å². The molecule has 1 aromatic carbocycles. The topological polar surface area (TPSA) is 46.5 Å². The Morgan fingerprint density at radius 1 is 1.60 bits per heavy atom. The summed E-state index contributed by atoms with van der Waals surface area (Å²) in [6, 6.07) is 4.56. The van der Waals surface area contributed by atoms with E-state index in [-0.39, 0.29) is 5.56 Å². The van der Waals surface area contributed by atoms with Gasteiger partial charge in [0.15, 0.2) is 0 Å². The van der Waals surface area contributed by atoms with Crippen molar-refractivity contribution in [2.45, 2.75) is 6.61 Å². The average molecular weight is 227 g/mol. The van der Waals surface area contributed by atoms with Crippen molar-refractivity contribution in [2.24, 2.45) is 0 Å². The molecule has 0 heterocycles. The highest BCUT2D eigenvalue weighted by Gasteiger charge is 2.06. The number of carboxylic acid groups (broad SMARTS) is 1. The molecular weight excluding hydrogens is 216 g/mol. The molecule has 80 valence electrons. The van der Waals surface area contributed by atoms with Crippen LogP contribution in [0.15, 0.2) is 30.9 Å². The minimum atomic E-state index is -0.990. The fourth-order valence-corrected chi connectivity index (χ4v) is 1.28. The number of aromatic carboxylic acids is 1. The van der Waals surface area contributed by atoms with Crippen LogP contribution in [0.25, 0.3) is 0 Å². The van der Waals surface area contributed by atoms with Gasteiger partial charge in [0.1, 0.15) is 0 Å². The molecule has 0 fully saturated rings. The first-order chi connectivity index (χ1) is 7.15. The van der Waals surface area contributed by atoms with E-state index in [2.05, 4.69) is 6.58 Å². The summed E-state index contributed by atoms with van der Waals surface area (Å²) in [5.74, 6) is -0.990. The molecule has 4 heteroatoms. The number of benzene rings is 1. The summed E-state index contributed by atoms with van der Waals surface area (Å²) in [6.07, 6.45) is 1.64. The standard InChI is InChI=1S/C11H11ClO3/c1-2-5-15-7-9-4-3-8(11(13)14)6-10(9)12/h2-4,6H,1,5,7H2,(H,13,14). The molecule has 0 aromatic heterocycles. The predicted molar refractivity (Wildman–Crippen MR) is 58.3 cm³/mol. The van der Waals surface area contributed by atoms with Crippen LogP contribution in [0.1, 0.15) is 15.9 Å². The van der Waals surface area contributed by atoms with Crippen molar-refractivity contribution in [2.75, 3.05) is 6.61 Å². The predicted octanol–water partition coefficient (Wildman–Crippen LogP) is 2.74. The van der Waals surface area contributed by atoms with Gasteiger partial charge in [-0.15, -0.1) is 6.58 Å². The monoisotopic (exact) mass is 226 g/mol. The van der Waals surface area contributed by atoms with E-state index in [1.54, 1.807) is 12.1 Å². The zero-order valence-corrected chi connectivity index (χ0v) is 8.83. The molecule has 0 aliphatic carbocycles. The molecule has 1 N–H and O–H groups in total. The number of hydrogen-bond donors (Lipinski definition) is 1. The smallest absolute Gasteiger partial charge is 0.335 e. The highest BCUT2D eigenvalue weighted by Crippen LogP contribution is 2.18. The summed E-state index contributed by atoms with van der Waals surface area (Å²) in [7, 11) is 0. The van der Waals surface area contributed by atoms with E-state index in [4.69, 9.17) is 21.4 Å². The van der Waals surface area contributed by atoms with Gasteiger partial charge in [0.2, 0.25) is 0 Å². The maximum atomic E-state index is 10.6. The molecule has 0 saturated heterocycles. The van der Waals surface area contributed by atoms with Crippen molar-refractivity contribution in [3.63, 3.8) is 0 Å². The lowest BCUT2D eigenvalue weighted by Gasteiger charge is -2.05. The van der Waals surface area contributed by atoms with Crippen LogP contribution in [0, 0.1) is 0 Å². The third-order valence-electron chi connectivity index (χ3n) is 1.79. The maximum absolute atomic E-state index is 10.6. The van der Waals surface area contributed by atoms with E-state index in [0.717, 1.165) is 5.56 Å². The lowest BCUT2D eigenvalue weighted by Crippen LogP contribution is -1.98. The van der Waals surface area contributed by atoms with E-state index >= 15 is 0 Å². The van der Waals surface area contributed by atoms with Crippen LogP contribution < -0.4 is 0 Å². The van der Waals surface area contributed by atoms with Crippen LogP contribution in [0.4, 0.5) is 0 Å². The third-order valence-corrected chi connectivity index (χ3v) is 2.15. The first-order valence-corrected chi connectivity index (χ1v) is 4.73. The Kier molecular flexibility index (Phi) is 4.34. The quantitative estimate of drug-likeness (QED) is 0.620. The van der Waals surface area contributed by atoms with Gasteiger partial charge in [0, 0.05) is 5.02 Å². The molecule has 1 aromatic rings. The Morgan fingerprint density at radius 2 is 2.33 bits per heavy atom. The molecule has 3 nitrogen and oxygen atoms in total. The number of hydrogen-bond acceptors (Lipinski definition) is 2. The van der Waals surface area contributed by atoms with Gasteiger partial charge in [-0.2, -0.15) is 0 Å². The zero-order valence-electron chi connectivity index (χ0n) is 8.07. The van der Waals surface area contributed by atoms with Crippen LogP contribution in [0.3, 0.4) is 0 Å². The SMILES string of the molecule is C=CCOCc1ccc(C(=O)O)cc1Cl. The summed E-state index contributed by atoms with van der Waals surface area (Å²) in [5.41, 5.74) is 0.941. The molecule has 1 rings (SSSR count). The zero-order chi connectivity index (χ0) is 11.3. The molecule has 0 amide bonds. The van der Waals surface area contributed by atoms with Crippen molar-refractivity contribution in [1.82, 2.24) is 0 Å². The Balaban J connectivity index is 2.74. The first-order valence-electron chi connectivity index (χ1n) is 4.35. The van der Waals surface area contributed by atoms with Gasteiger partial charge in [-0.25, -0.2) is 4.79 Å². The second-order valence-corrected chi connectivity index (χ2v) is 3.32. The molecule has 15 heavy (non-hydrogen) atoms. The molecule has 0 aliphatic heterocycles. The Bertz CT molecular complexity index is 374. The highest BCUT2D eigenvalue weighted by atomic mass is 35.5. The molecular formula is C11H11ClO3. The normalized spacial score (nSPS) is 9.93. The molecule has 0 unspecified atom stereocenters. The van der Waals surface area contributed by atoms with Crippen LogP contribution in [0.2, 0.25) is 5.02 Å². The van der Waals surface area contributed by atoms with Gasteiger partial charge in [-0.3, -0.25) is 0 Å². The largest absolute Gasteiger partial charge is 0.478 e. The van der Waals surface area contributed by atoms with E-state index in [1.807, 2.05) is 0 Å². The minimum absolute atomic E-state index is 0.174. The molecule has 0 saturated carbocycles. The first kappa shape index (κ1) is 11.8. The molecule has 0 radical (unpaired) electrons. The van der Waals surface area contributed by atoms with Crippen LogP contribution in [-0.2, 0) is 11.3 Å². The number of carbonyl (C=O) groups is 1. The van der Waals surface area contributed by atoms with Crippen molar-refractivity contribution in [3.8, 4) is 0 Å². The van der Waals surface area contributed by atoms with Crippen LogP contribution in [-0.4, -0.2) is 17.7 Å². The van der Waals surface area contributed by atoms with Crippen molar-refractivity contribution in [1.29, 1.82) is 0 Å². The van der Waals surface area contributed by atoms with Crippen molar-refractivity contribution < 1.29 is 14.6 Å².